The van der Waals surface area contributed by atoms with Crippen molar-refractivity contribution in [2.24, 2.45) is 0 Å². The Morgan fingerprint density at radius 2 is 1.94 bits per heavy atom. The average molecular weight is 463 g/mol. The molecule has 0 spiro atoms. The number of likely N-dealkylation sites (tertiary alicyclic amines) is 1. The lowest BCUT2D eigenvalue weighted by Crippen LogP contribution is -2.36. The minimum absolute atomic E-state index is 0.140. The van der Waals surface area contributed by atoms with Gasteiger partial charge in [0.25, 0.3) is 0 Å². The third-order valence-corrected chi connectivity index (χ3v) is 7.08. The number of hydrogen-bond acceptors (Lipinski definition) is 7. The maximum atomic E-state index is 6.26. The fourth-order valence-corrected chi connectivity index (χ4v) is 5.01. The van der Waals surface area contributed by atoms with Crippen LogP contribution in [0.4, 0.5) is 5.95 Å². The van der Waals surface area contributed by atoms with Crippen LogP contribution in [0.1, 0.15) is 43.7 Å². The molecule has 33 heavy (non-hydrogen) atoms. The van der Waals surface area contributed by atoms with Crippen LogP contribution in [-0.4, -0.2) is 50.7 Å². The summed E-state index contributed by atoms with van der Waals surface area (Å²) in [6.07, 6.45) is 4.00. The number of nitrogens with zero attached hydrogens (tertiary/aromatic N) is 5. The number of nitrogens with one attached hydrogen (secondary N) is 1. The van der Waals surface area contributed by atoms with Crippen molar-refractivity contribution >= 4 is 22.9 Å². The van der Waals surface area contributed by atoms with Gasteiger partial charge in [0, 0.05) is 30.1 Å². The smallest absolute Gasteiger partial charge is 0.322 e. The molecule has 1 aliphatic rings. The van der Waals surface area contributed by atoms with Crippen LogP contribution in [0.5, 0.6) is 6.01 Å². The van der Waals surface area contributed by atoms with Crippen molar-refractivity contribution in [3.63, 3.8) is 0 Å². The lowest BCUT2D eigenvalue weighted by atomic mass is 10.1. The Kier molecular flexibility index (Phi) is 6.28. The van der Waals surface area contributed by atoms with Gasteiger partial charge in [-0.15, -0.1) is 11.3 Å². The first-order valence-electron chi connectivity index (χ1n) is 11.5. The normalized spacial score (nSPS) is 15.4. The van der Waals surface area contributed by atoms with Crippen LogP contribution in [0.3, 0.4) is 0 Å². The SMILES string of the molecule is CC(C)c1cnn2c(NCc3ccccc3-c3cccs3)nc(OC3CCN(C)CC3)nc12. The molecule has 1 N–H and O–H groups in total. The van der Waals surface area contributed by atoms with E-state index in [4.69, 9.17) is 14.7 Å². The molecule has 7 nitrogen and oxygen atoms in total. The molecule has 4 aromatic rings. The van der Waals surface area contributed by atoms with E-state index in [1.165, 1.54) is 16.0 Å². The first-order valence-corrected chi connectivity index (χ1v) is 12.4. The lowest BCUT2D eigenvalue weighted by molar-refractivity contribution is 0.105. The summed E-state index contributed by atoms with van der Waals surface area (Å²) in [5.41, 5.74) is 4.34. The second kappa shape index (κ2) is 9.49. The molecule has 0 amide bonds. The van der Waals surface area contributed by atoms with Crippen LogP contribution in [-0.2, 0) is 6.54 Å². The Labute approximate surface area is 198 Å². The van der Waals surface area contributed by atoms with Gasteiger partial charge in [0.05, 0.1) is 6.20 Å². The van der Waals surface area contributed by atoms with Gasteiger partial charge in [-0.3, -0.25) is 0 Å². The zero-order valence-corrected chi connectivity index (χ0v) is 20.2. The molecule has 0 radical (unpaired) electrons. The number of piperidine rings is 1. The molecule has 4 heterocycles. The Hall–Kier alpha value is -2.97. The zero-order valence-electron chi connectivity index (χ0n) is 19.4. The fourth-order valence-electron chi connectivity index (χ4n) is 4.22. The summed E-state index contributed by atoms with van der Waals surface area (Å²) in [5.74, 6) is 0.955. The maximum Gasteiger partial charge on any atom is 0.322 e. The van der Waals surface area contributed by atoms with Crippen molar-refractivity contribution in [1.82, 2.24) is 24.5 Å². The van der Waals surface area contributed by atoms with Crippen LogP contribution in [0, 0.1) is 0 Å². The molecule has 1 saturated heterocycles. The molecule has 0 atom stereocenters. The van der Waals surface area contributed by atoms with E-state index >= 15 is 0 Å². The molecule has 0 aliphatic carbocycles. The molecule has 3 aromatic heterocycles. The Morgan fingerprint density at radius 3 is 2.70 bits per heavy atom. The molecule has 172 valence electrons. The number of ether oxygens (including phenoxy) is 1. The number of rotatable bonds is 7. The van der Waals surface area contributed by atoms with Crippen LogP contribution in [0.15, 0.2) is 48.0 Å². The van der Waals surface area contributed by atoms with Crippen molar-refractivity contribution in [3.8, 4) is 16.5 Å². The van der Waals surface area contributed by atoms with Gasteiger partial charge >= 0.3 is 6.01 Å². The summed E-state index contributed by atoms with van der Waals surface area (Å²) in [6.45, 7) is 7.00. The number of hydrogen-bond donors (Lipinski definition) is 1. The van der Waals surface area contributed by atoms with Gasteiger partial charge in [-0.2, -0.15) is 19.6 Å². The van der Waals surface area contributed by atoms with Crippen LogP contribution < -0.4 is 10.1 Å². The molecular formula is C25H30N6OS. The molecule has 1 aromatic carbocycles. The summed E-state index contributed by atoms with van der Waals surface area (Å²) >= 11 is 1.75. The van der Waals surface area contributed by atoms with Crippen LogP contribution >= 0.6 is 11.3 Å². The van der Waals surface area contributed by atoms with E-state index < -0.39 is 0 Å². The quantitative estimate of drug-likeness (QED) is 0.414. The van der Waals surface area contributed by atoms with Gasteiger partial charge in [0.2, 0.25) is 5.95 Å². The summed E-state index contributed by atoms with van der Waals surface area (Å²) in [4.78, 5) is 13.1. The van der Waals surface area contributed by atoms with E-state index in [1.54, 1.807) is 15.9 Å². The standard InChI is InChI=1S/C25H30N6OS/c1-17(2)21-16-27-31-23(21)28-25(32-19-10-12-30(3)13-11-19)29-24(31)26-15-18-7-4-5-8-20(18)22-9-6-14-33-22/h4-9,14,16-17,19H,10-13,15H2,1-3H3,(H,26,28,29). The molecule has 5 rings (SSSR count). The first-order chi connectivity index (χ1) is 16.1. The number of thiophene rings is 1. The highest BCUT2D eigenvalue weighted by Crippen LogP contribution is 2.29. The molecule has 0 bridgehead atoms. The molecular weight excluding hydrogens is 432 g/mol. The Bertz CT molecular complexity index is 1210. The summed E-state index contributed by atoms with van der Waals surface area (Å²) in [7, 11) is 2.15. The van der Waals surface area contributed by atoms with Crippen molar-refractivity contribution in [1.29, 1.82) is 0 Å². The molecule has 0 unspecified atom stereocenters. The highest BCUT2D eigenvalue weighted by atomic mass is 32.1. The highest BCUT2D eigenvalue weighted by molar-refractivity contribution is 7.13. The monoisotopic (exact) mass is 462 g/mol. The van der Waals surface area contributed by atoms with E-state index in [-0.39, 0.29) is 6.10 Å². The number of fused-ring (bicyclic) bond motifs is 1. The fraction of sp³-hybridized carbons (Fsp3) is 0.400. The molecule has 1 aliphatic heterocycles. The van der Waals surface area contributed by atoms with Gasteiger partial charge in [-0.05, 0) is 48.4 Å². The second-order valence-electron chi connectivity index (χ2n) is 8.93. The molecule has 0 saturated carbocycles. The largest absolute Gasteiger partial charge is 0.460 e. The van der Waals surface area contributed by atoms with E-state index in [1.807, 2.05) is 6.20 Å². The van der Waals surface area contributed by atoms with Crippen LogP contribution in [0.2, 0.25) is 0 Å². The number of aromatic nitrogens is 4. The minimum Gasteiger partial charge on any atom is -0.460 e. The van der Waals surface area contributed by atoms with Gasteiger partial charge in [0.1, 0.15) is 6.10 Å². The van der Waals surface area contributed by atoms with Crippen molar-refractivity contribution in [2.75, 3.05) is 25.5 Å². The van der Waals surface area contributed by atoms with E-state index in [0.29, 0.717) is 24.4 Å². The number of benzene rings is 1. The topological polar surface area (TPSA) is 67.6 Å². The highest BCUT2D eigenvalue weighted by Gasteiger charge is 2.22. The van der Waals surface area contributed by atoms with Gasteiger partial charge in [-0.25, -0.2) is 0 Å². The van der Waals surface area contributed by atoms with Crippen molar-refractivity contribution < 1.29 is 4.74 Å². The summed E-state index contributed by atoms with van der Waals surface area (Å²) in [5, 5.41) is 10.2. The Morgan fingerprint density at radius 1 is 1.12 bits per heavy atom. The third kappa shape index (κ3) is 4.72. The zero-order chi connectivity index (χ0) is 22.8. The maximum absolute atomic E-state index is 6.26. The average Bonchev–Trinajstić information content (AvgIpc) is 3.49. The number of anilines is 1. The van der Waals surface area contributed by atoms with Gasteiger partial charge in [-0.1, -0.05) is 44.2 Å². The minimum atomic E-state index is 0.140. The first kappa shape index (κ1) is 21.9. The predicted octanol–water partition coefficient (Wildman–Crippen LogP) is 5.06. The van der Waals surface area contributed by atoms with E-state index in [9.17, 15) is 0 Å². The second-order valence-corrected chi connectivity index (χ2v) is 9.88. The summed E-state index contributed by atoms with van der Waals surface area (Å²) in [6, 6.07) is 13.1. The molecule has 8 heteroatoms. The van der Waals surface area contributed by atoms with E-state index in [0.717, 1.165) is 37.1 Å². The third-order valence-electron chi connectivity index (χ3n) is 6.18. The van der Waals surface area contributed by atoms with E-state index in [2.05, 4.69) is 78.0 Å². The van der Waals surface area contributed by atoms with Crippen molar-refractivity contribution in [2.45, 2.75) is 45.3 Å². The predicted molar refractivity (Wildman–Crippen MR) is 133 cm³/mol. The summed E-state index contributed by atoms with van der Waals surface area (Å²) < 4.78 is 8.06. The van der Waals surface area contributed by atoms with Gasteiger partial charge in [0.15, 0.2) is 5.65 Å². The lowest BCUT2D eigenvalue weighted by Gasteiger charge is -2.28. The molecule has 1 fully saturated rings. The Balaban J connectivity index is 1.45. The van der Waals surface area contributed by atoms with Crippen molar-refractivity contribution in [3.05, 3.63) is 59.1 Å². The van der Waals surface area contributed by atoms with Crippen LogP contribution in [0.25, 0.3) is 16.1 Å². The van der Waals surface area contributed by atoms with Gasteiger partial charge < -0.3 is 15.0 Å².